The molecule has 2 atom stereocenters. The standard InChI is InChI=1S/C20H25NO5/c1-6-12-20(4)15(16(22)25-5)21(19(2,3)17(20)23)18(24)26-13-14-10-8-7-9-11-14/h6-11,15H,1,12-13H2,2-5H3/t15-,20+/m1/s1. The Morgan fingerprint density at radius 3 is 2.38 bits per heavy atom. The summed E-state index contributed by atoms with van der Waals surface area (Å²) in [6.07, 6.45) is 1.09. The molecule has 140 valence electrons. The number of ether oxygens (including phenoxy) is 2. The zero-order valence-corrected chi connectivity index (χ0v) is 15.7. The van der Waals surface area contributed by atoms with Gasteiger partial charge in [-0.1, -0.05) is 36.4 Å². The quantitative estimate of drug-likeness (QED) is 0.597. The van der Waals surface area contributed by atoms with Gasteiger partial charge in [0.15, 0.2) is 5.78 Å². The molecule has 1 heterocycles. The third kappa shape index (κ3) is 3.23. The van der Waals surface area contributed by atoms with Crippen LogP contribution >= 0.6 is 0 Å². The van der Waals surface area contributed by atoms with Gasteiger partial charge in [-0.3, -0.25) is 9.69 Å². The van der Waals surface area contributed by atoms with Gasteiger partial charge in [-0.25, -0.2) is 9.59 Å². The van der Waals surface area contributed by atoms with E-state index in [-0.39, 0.29) is 18.8 Å². The number of allylic oxidation sites excluding steroid dienone is 1. The Morgan fingerprint density at radius 2 is 1.85 bits per heavy atom. The summed E-state index contributed by atoms with van der Waals surface area (Å²) in [4.78, 5) is 39.5. The minimum atomic E-state index is -1.20. The maximum Gasteiger partial charge on any atom is 0.411 e. The lowest BCUT2D eigenvalue weighted by Gasteiger charge is -2.33. The fraction of sp³-hybridized carbons (Fsp3) is 0.450. The zero-order valence-electron chi connectivity index (χ0n) is 15.7. The molecule has 26 heavy (non-hydrogen) atoms. The predicted octanol–water partition coefficient (Wildman–Crippen LogP) is 3.11. The number of esters is 1. The summed E-state index contributed by atoms with van der Waals surface area (Å²) >= 11 is 0. The lowest BCUT2D eigenvalue weighted by atomic mass is 9.75. The molecule has 0 aromatic heterocycles. The summed E-state index contributed by atoms with van der Waals surface area (Å²) in [7, 11) is 1.24. The molecule has 2 rings (SSSR count). The highest BCUT2D eigenvalue weighted by atomic mass is 16.6. The predicted molar refractivity (Wildman–Crippen MR) is 96.3 cm³/mol. The van der Waals surface area contributed by atoms with Crippen molar-refractivity contribution in [2.45, 2.75) is 45.4 Å². The average Bonchev–Trinajstić information content (AvgIpc) is 2.78. The Kier molecular flexibility index (Phi) is 5.54. The Bertz CT molecular complexity index is 712. The van der Waals surface area contributed by atoms with Crippen molar-refractivity contribution in [3.8, 4) is 0 Å². The summed E-state index contributed by atoms with van der Waals surface area (Å²) in [5.74, 6) is -0.873. The minimum Gasteiger partial charge on any atom is -0.467 e. The van der Waals surface area contributed by atoms with Gasteiger partial charge >= 0.3 is 12.1 Å². The van der Waals surface area contributed by atoms with Gasteiger partial charge in [0, 0.05) is 0 Å². The molecule has 0 unspecified atom stereocenters. The van der Waals surface area contributed by atoms with Crippen LogP contribution in [-0.2, 0) is 25.7 Å². The van der Waals surface area contributed by atoms with E-state index < -0.39 is 29.1 Å². The fourth-order valence-corrected chi connectivity index (χ4v) is 3.64. The molecule has 0 aliphatic carbocycles. The molecule has 1 saturated heterocycles. The molecule has 1 aliphatic heterocycles. The van der Waals surface area contributed by atoms with Crippen molar-refractivity contribution in [2.75, 3.05) is 7.11 Å². The first kappa shape index (κ1) is 19.7. The van der Waals surface area contributed by atoms with Crippen LogP contribution in [-0.4, -0.2) is 41.4 Å². The first-order chi connectivity index (χ1) is 12.2. The smallest absolute Gasteiger partial charge is 0.411 e. The molecular formula is C20H25NO5. The number of hydrogen-bond donors (Lipinski definition) is 0. The zero-order chi connectivity index (χ0) is 19.5. The normalized spacial score (nSPS) is 24.2. The second-order valence-corrected chi connectivity index (χ2v) is 7.13. The van der Waals surface area contributed by atoms with E-state index in [1.165, 1.54) is 12.0 Å². The number of Topliss-reactive ketones (excluding diaryl/α,β-unsaturated/α-hetero) is 1. The number of benzene rings is 1. The molecule has 1 aliphatic rings. The molecule has 6 nitrogen and oxygen atoms in total. The van der Waals surface area contributed by atoms with Gasteiger partial charge in [0.2, 0.25) is 0 Å². The summed E-state index contributed by atoms with van der Waals surface area (Å²) in [6.45, 7) is 8.61. The first-order valence-electron chi connectivity index (χ1n) is 8.43. The largest absolute Gasteiger partial charge is 0.467 e. The van der Waals surface area contributed by atoms with Crippen LogP contribution in [0, 0.1) is 5.41 Å². The van der Waals surface area contributed by atoms with E-state index in [1.807, 2.05) is 30.3 Å². The Balaban J connectivity index is 2.35. The third-order valence-corrected chi connectivity index (χ3v) is 4.93. The number of ketones is 1. The van der Waals surface area contributed by atoms with Crippen LogP contribution < -0.4 is 0 Å². The molecule has 1 fully saturated rings. The van der Waals surface area contributed by atoms with Gasteiger partial charge in [-0.2, -0.15) is 0 Å². The van der Waals surface area contributed by atoms with E-state index >= 15 is 0 Å². The third-order valence-electron chi connectivity index (χ3n) is 4.93. The van der Waals surface area contributed by atoms with Gasteiger partial charge in [0.25, 0.3) is 0 Å². The summed E-state index contributed by atoms with van der Waals surface area (Å²) < 4.78 is 10.3. The monoisotopic (exact) mass is 359 g/mol. The summed E-state index contributed by atoms with van der Waals surface area (Å²) in [5, 5.41) is 0. The Labute approximate surface area is 153 Å². The summed E-state index contributed by atoms with van der Waals surface area (Å²) in [5.41, 5.74) is -1.51. The molecule has 0 N–H and O–H groups in total. The number of methoxy groups -OCH3 is 1. The number of amides is 1. The van der Waals surface area contributed by atoms with Gasteiger partial charge in [0.1, 0.15) is 18.2 Å². The van der Waals surface area contributed by atoms with Crippen molar-refractivity contribution >= 4 is 17.8 Å². The molecule has 1 aromatic carbocycles. The average molecular weight is 359 g/mol. The molecular weight excluding hydrogens is 334 g/mol. The minimum absolute atomic E-state index is 0.0481. The van der Waals surface area contributed by atoms with Crippen molar-refractivity contribution in [3.63, 3.8) is 0 Å². The van der Waals surface area contributed by atoms with Crippen molar-refractivity contribution in [2.24, 2.45) is 5.41 Å². The van der Waals surface area contributed by atoms with E-state index in [4.69, 9.17) is 9.47 Å². The van der Waals surface area contributed by atoms with Gasteiger partial charge in [0.05, 0.1) is 12.5 Å². The maximum absolute atomic E-state index is 13.1. The SMILES string of the molecule is C=CC[C@]1(C)C(=O)C(C)(C)N(C(=O)OCc2ccccc2)[C@@H]1C(=O)OC. The number of likely N-dealkylation sites (tertiary alicyclic amines) is 1. The second kappa shape index (κ2) is 7.32. The lowest BCUT2D eigenvalue weighted by molar-refractivity contribution is -0.150. The molecule has 0 radical (unpaired) electrons. The van der Waals surface area contributed by atoms with E-state index in [1.54, 1.807) is 26.8 Å². The highest BCUT2D eigenvalue weighted by Crippen LogP contribution is 2.46. The van der Waals surface area contributed by atoms with Crippen molar-refractivity contribution in [3.05, 3.63) is 48.6 Å². The topological polar surface area (TPSA) is 72.9 Å². The fourth-order valence-electron chi connectivity index (χ4n) is 3.64. The van der Waals surface area contributed by atoms with Crippen LogP contribution in [0.1, 0.15) is 32.8 Å². The number of hydrogen-bond acceptors (Lipinski definition) is 5. The lowest BCUT2D eigenvalue weighted by Crippen LogP contribution is -2.53. The van der Waals surface area contributed by atoms with Crippen LogP contribution in [0.15, 0.2) is 43.0 Å². The van der Waals surface area contributed by atoms with Crippen LogP contribution in [0.5, 0.6) is 0 Å². The van der Waals surface area contributed by atoms with Crippen LogP contribution in [0.3, 0.4) is 0 Å². The van der Waals surface area contributed by atoms with Gasteiger partial charge < -0.3 is 9.47 Å². The van der Waals surface area contributed by atoms with Gasteiger partial charge in [-0.05, 0) is 32.8 Å². The van der Waals surface area contributed by atoms with Gasteiger partial charge in [-0.15, -0.1) is 6.58 Å². The highest BCUT2D eigenvalue weighted by molar-refractivity contribution is 6.04. The van der Waals surface area contributed by atoms with Crippen molar-refractivity contribution < 1.29 is 23.9 Å². The van der Waals surface area contributed by atoms with E-state index in [2.05, 4.69) is 6.58 Å². The molecule has 0 spiro atoms. The maximum atomic E-state index is 13.1. The van der Waals surface area contributed by atoms with Crippen LogP contribution in [0.25, 0.3) is 0 Å². The first-order valence-corrected chi connectivity index (χ1v) is 8.43. The van der Waals surface area contributed by atoms with Crippen LogP contribution in [0.2, 0.25) is 0 Å². The molecule has 6 heteroatoms. The van der Waals surface area contributed by atoms with Crippen LogP contribution in [0.4, 0.5) is 4.79 Å². The van der Waals surface area contributed by atoms with Crippen molar-refractivity contribution in [1.82, 2.24) is 4.90 Å². The highest BCUT2D eigenvalue weighted by Gasteiger charge is 2.65. The Morgan fingerprint density at radius 1 is 1.23 bits per heavy atom. The number of carbonyl (C=O) groups is 3. The van der Waals surface area contributed by atoms with Crippen molar-refractivity contribution in [1.29, 1.82) is 0 Å². The summed E-state index contributed by atoms with van der Waals surface area (Å²) in [6, 6.07) is 8.12. The van der Waals surface area contributed by atoms with E-state index in [0.29, 0.717) is 0 Å². The molecule has 1 amide bonds. The molecule has 0 bridgehead atoms. The molecule has 1 aromatic rings. The molecule has 0 saturated carbocycles. The second-order valence-electron chi connectivity index (χ2n) is 7.13. The number of nitrogens with zero attached hydrogens (tertiary/aromatic N) is 1. The Hall–Kier alpha value is -2.63. The van der Waals surface area contributed by atoms with E-state index in [9.17, 15) is 14.4 Å². The number of carbonyl (C=O) groups excluding carboxylic acids is 3. The number of rotatable bonds is 5. The van der Waals surface area contributed by atoms with E-state index in [0.717, 1.165) is 5.56 Å².